The number of hydrogen-bond acceptors (Lipinski definition) is 1. The highest BCUT2D eigenvalue weighted by molar-refractivity contribution is 7.84. The van der Waals surface area contributed by atoms with E-state index in [1.165, 1.54) is 16.0 Å². The molecule has 0 N–H and O–H groups in total. The lowest BCUT2D eigenvalue weighted by Gasteiger charge is -2.05. The fourth-order valence-corrected chi connectivity index (χ4v) is 2.22. The van der Waals surface area contributed by atoms with Crippen LogP contribution in [-0.2, 0) is 0 Å². The molecule has 0 aromatic heterocycles. The Morgan fingerprint density at radius 1 is 1.11 bits per heavy atom. The average molecular weight is 254 g/mol. The topological polar surface area (TPSA) is 0 Å². The zero-order valence-corrected chi connectivity index (χ0v) is 11.6. The lowest BCUT2D eigenvalue weighted by molar-refractivity contribution is 1.02. The molecule has 0 radical (unpaired) electrons. The van der Waals surface area contributed by atoms with Crippen LogP contribution in [0.4, 0.5) is 0 Å². The van der Waals surface area contributed by atoms with E-state index >= 15 is 0 Å². The SMILES string of the molecule is C=C1/C=c2/ccc(C)c/c2=C/C(=C)/C(S)=C\CC1. The number of thiol groups is 1. The number of rotatable bonds is 0. The Hall–Kier alpha value is -1.47. The van der Waals surface area contributed by atoms with Gasteiger partial charge in [-0.05, 0) is 41.9 Å². The van der Waals surface area contributed by atoms with Crippen molar-refractivity contribution in [2.75, 3.05) is 0 Å². The second kappa shape index (κ2) is 5.45. The predicted octanol–water partition coefficient (Wildman–Crippen LogP) is 3.28. The summed E-state index contributed by atoms with van der Waals surface area (Å²) in [7, 11) is 0. The van der Waals surface area contributed by atoms with Crippen molar-refractivity contribution < 1.29 is 0 Å². The molecule has 2 rings (SSSR count). The maximum atomic E-state index is 4.49. The van der Waals surface area contributed by atoms with Gasteiger partial charge in [-0.1, -0.05) is 54.6 Å². The minimum atomic E-state index is 0.956. The maximum absolute atomic E-state index is 4.49. The highest BCUT2D eigenvalue weighted by Crippen LogP contribution is 2.17. The molecule has 0 saturated heterocycles. The van der Waals surface area contributed by atoms with Crippen LogP contribution in [0.2, 0.25) is 0 Å². The van der Waals surface area contributed by atoms with E-state index in [1.54, 1.807) is 0 Å². The minimum Gasteiger partial charge on any atom is -0.143 e. The average Bonchev–Trinajstić information content (AvgIpc) is 2.31. The van der Waals surface area contributed by atoms with Crippen LogP contribution in [0.5, 0.6) is 0 Å². The van der Waals surface area contributed by atoms with Gasteiger partial charge < -0.3 is 0 Å². The number of fused-ring (bicyclic) bond motifs is 1. The maximum Gasteiger partial charge on any atom is 0.00669 e. The molecule has 0 bridgehead atoms. The van der Waals surface area contributed by atoms with Gasteiger partial charge >= 0.3 is 0 Å². The molecule has 0 amide bonds. The van der Waals surface area contributed by atoms with Crippen molar-refractivity contribution in [2.45, 2.75) is 19.8 Å². The summed E-state index contributed by atoms with van der Waals surface area (Å²) in [6, 6.07) is 6.44. The number of hydrogen-bond donors (Lipinski definition) is 1. The van der Waals surface area contributed by atoms with Crippen LogP contribution in [0, 0.1) is 6.92 Å². The normalized spacial score (nSPS) is 22.9. The van der Waals surface area contributed by atoms with Crippen LogP contribution in [0.1, 0.15) is 18.4 Å². The first-order valence-electron chi connectivity index (χ1n) is 6.12. The van der Waals surface area contributed by atoms with E-state index in [9.17, 15) is 0 Å². The third-order valence-corrected chi connectivity index (χ3v) is 3.53. The van der Waals surface area contributed by atoms with Crippen LogP contribution in [0.25, 0.3) is 12.2 Å². The van der Waals surface area contributed by atoms with Crippen LogP contribution < -0.4 is 10.4 Å². The van der Waals surface area contributed by atoms with E-state index < -0.39 is 0 Å². The van der Waals surface area contributed by atoms with Crippen molar-refractivity contribution in [3.8, 4) is 0 Å². The van der Waals surface area contributed by atoms with E-state index in [2.05, 4.69) is 69.1 Å². The van der Waals surface area contributed by atoms with Crippen molar-refractivity contribution in [1.82, 2.24) is 0 Å². The van der Waals surface area contributed by atoms with Gasteiger partial charge in [0.2, 0.25) is 0 Å². The zero-order chi connectivity index (χ0) is 13.1. The standard InChI is InChI=1S/C17H18S/c1-12-5-4-6-17(18)14(3)11-16-10-13(2)7-8-15(16)9-12/h6-11,18H,1,3-5H2,2H3/b15-9-,16-11-,17-6+. The first-order chi connectivity index (χ1) is 8.56. The molecular weight excluding hydrogens is 236 g/mol. The molecule has 0 unspecified atom stereocenters. The lowest BCUT2D eigenvalue weighted by atomic mass is 10.0. The van der Waals surface area contributed by atoms with E-state index in [4.69, 9.17) is 0 Å². The molecule has 92 valence electrons. The molecule has 0 heterocycles. The molecule has 0 atom stereocenters. The van der Waals surface area contributed by atoms with Crippen LogP contribution >= 0.6 is 12.6 Å². The fraction of sp³-hybridized carbons (Fsp3) is 0.176. The second-order valence-electron chi connectivity index (χ2n) is 4.73. The van der Waals surface area contributed by atoms with E-state index in [0.717, 1.165) is 28.9 Å². The number of allylic oxidation sites excluding steroid dienone is 3. The molecule has 1 heteroatoms. The number of aryl methyl sites for hydroxylation is 1. The Morgan fingerprint density at radius 2 is 1.89 bits per heavy atom. The molecule has 0 aliphatic heterocycles. The van der Waals surface area contributed by atoms with Gasteiger partial charge in [0.05, 0.1) is 0 Å². The zero-order valence-electron chi connectivity index (χ0n) is 10.7. The molecular formula is C17H18S. The summed E-state index contributed by atoms with van der Waals surface area (Å²) in [5.41, 5.74) is 3.36. The van der Waals surface area contributed by atoms with Crippen LogP contribution in [0.3, 0.4) is 0 Å². The van der Waals surface area contributed by atoms with Gasteiger partial charge in [-0.2, -0.15) is 0 Å². The quantitative estimate of drug-likeness (QED) is 0.675. The molecule has 0 saturated carbocycles. The van der Waals surface area contributed by atoms with Gasteiger partial charge in [0.15, 0.2) is 0 Å². The monoisotopic (exact) mass is 254 g/mol. The van der Waals surface area contributed by atoms with E-state index in [1.807, 2.05) is 0 Å². The van der Waals surface area contributed by atoms with Crippen molar-refractivity contribution in [2.24, 2.45) is 0 Å². The molecule has 18 heavy (non-hydrogen) atoms. The predicted molar refractivity (Wildman–Crippen MR) is 83.9 cm³/mol. The third kappa shape index (κ3) is 3.05. The minimum absolute atomic E-state index is 0.956. The Labute approximate surface area is 114 Å². The van der Waals surface area contributed by atoms with Gasteiger partial charge in [0.25, 0.3) is 0 Å². The summed E-state index contributed by atoms with van der Waals surface area (Å²) in [5.74, 6) is 0. The largest absolute Gasteiger partial charge is 0.143 e. The molecule has 0 spiro atoms. The van der Waals surface area contributed by atoms with Crippen molar-refractivity contribution >= 4 is 24.8 Å². The molecule has 1 aliphatic rings. The summed E-state index contributed by atoms with van der Waals surface area (Å²) in [6.45, 7) is 10.3. The number of benzene rings is 1. The smallest absolute Gasteiger partial charge is 0.00669 e. The molecule has 1 aromatic rings. The van der Waals surface area contributed by atoms with Crippen molar-refractivity contribution in [1.29, 1.82) is 0 Å². The summed E-state index contributed by atoms with van der Waals surface area (Å²) in [6.07, 6.45) is 8.29. The molecule has 0 fully saturated rings. The van der Waals surface area contributed by atoms with Crippen LogP contribution in [0.15, 0.2) is 53.5 Å². The van der Waals surface area contributed by atoms with E-state index in [0.29, 0.717) is 0 Å². The molecule has 1 aromatic carbocycles. The van der Waals surface area contributed by atoms with Gasteiger partial charge in [-0.25, -0.2) is 0 Å². The Balaban J connectivity index is 2.72. The summed E-state index contributed by atoms with van der Waals surface area (Å²) >= 11 is 4.49. The first-order valence-corrected chi connectivity index (χ1v) is 6.57. The van der Waals surface area contributed by atoms with Gasteiger partial charge in [-0.3, -0.25) is 0 Å². The van der Waals surface area contributed by atoms with Gasteiger partial charge in [0, 0.05) is 4.91 Å². The Morgan fingerprint density at radius 3 is 2.67 bits per heavy atom. The lowest BCUT2D eigenvalue weighted by Crippen LogP contribution is -2.25. The van der Waals surface area contributed by atoms with Crippen molar-refractivity contribution in [3.63, 3.8) is 0 Å². The molecule has 1 aliphatic carbocycles. The Bertz CT molecular complexity index is 645. The third-order valence-electron chi connectivity index (χ3n) is 3.06. The Kier molecular flexibility index (Phi) is 3.93. The molecule has 0 nitrogen and oxygen atoms in total. The van der Waals surface area contributed by atoms with Crippen LogP contribution in [-0.4, -0.2) is 0 Å². The first kappa shape index (κ1) is 13.0. The fourth-order valence-electron chi connectivity index (χ4n) is 2.03. The van der Waals surface area contributed by atoms with Gasteiger partial charge in [0.1, 0.15) is 0 Å². The summed E-state index contributed by atoms with van der Waals surface area (Å²) in [4.78, 5) is 0.956. The highest BCUT2D eigenvalue weighted by Gasteiger charge is 1.99. The van der Waals surface area contributed by atoms with E-state index in [-0.39, 0.29) is 0 Å². The highest BCUT2D eigenvalue weighted by atomic mass is 32.1. The summed E-state index contributed by atoms with van der Waals surface area (Å²) < 4.78 is 0. The summed E-state index contributed by atoms with van der Waals surface area (Å²) in [5, 5.41) is 2.39. The van der Waals surface area contributed by atoms with Crippen molar-refractivity contribution in [3.05, 3.63) is 69.5 Å². The second-order valence-corrected chi connectivity index (χ2v) is 5.21. The van der Waals surface area contributed by atoms with Gasteiger partial charge in [-0.15, -0.1) is 12.6 Å².